The molecular formula is C13H21NO. The fraction of sp³-hybridized carbons (Fsp3) is 0.538. The predicted molar refractivity (Wildman–Crippen MR) is 64.7 cm³/mol. The fourth-order valence-electron chi connectivity index (χ4n) is 2.36. The molecule has 0 radical (unpaired) electrons. The molecule has 0 saturated carbocycles. The van der Waals surface area contributed by atoms with Gasteiger partial charge in [0, 0.05) is 11.3 Å². The monoisotopic (exact) mass is 207 g/mol. The number of aliphatic hydroxyl groups is 1. The summed E-state index contributed by atoms with van der Waals surface area (Å²) in [5, 5.41) is 10.1. The third kappa shape index (κ3) is 1.44. The Hall–Kier alpha value is -1.02. The number of hydrogen-bond acceptors (Lipinski definition) is 2. The second-order valence-corrected chi connectivity index (χ2v) is 4.76. The van der Waals surface area contributed by atoms with Crippen molar-refractivity contribution >= 4 is 5.69 Å². The Morgan fingerprint density at radius 2 is 1.93 bits per heavy atom. The number of benzene rings is 1. The van der Waals surface area contributed by atoms with E-state index in [1.54, 1.807) is 0 Å². The zero-order valence-corrected chi connectivity index (χ0v) is 8.91. The number of aliphatic hydroxyl groups excluding tert-OH is 1. The summed E-state index contributed by atoms with van der Waals surface area (Å²) in [6.07, 6.45) is -0.416. The number of nitrogen functional groups attached to an aromatic ring is 1. The van der Waals surface area contributed by atoms with E-state index < -0.39 is 6.10 Å². The molecule has 0 heterocycles. The van der Waals surface area contributed by atoms with Crippen LogP contribution in [0.5, 0.6) is 0 Å². The minimum absolute atomic E-state index is 0. The highest BCUT2D eigenvalue weighted by Crippen LogP contribution is 2.50. The van der Waals surface area contributed by atoms with E-state index in [1.165, 1.54) is 5.56 Å². The summed E-state index contributed by atoms with van der Waals surface area (Å²) in [4.78, 5) is 0. The maximum atomic E-state index is 10.1. The number of hydrogen-bond donors (Lipinski definition) is 2. The van der Waals surface area contributed by atoms with Gasteiger partial charge in [-0.3, -0.25) is 0 Å². The molecule has 2 rings (SSSR count). The molecule has 0 amide bonds. The minimum Gasteiger partial charge on any atom is -0.398 e. The van der Waals surface area contributed by atoms with Crippen LogP contribution >= 0.6 is 0 Å². The van der Waals surface area contributed by atoms with Crippen molar-refractivity contribution in [3.63, 3.8) is 0 Å². The second kappa shape index (κ2) is 3.53. The molecule has 1 aliphatic carbocycles. The second-order valence-electron chi connectivity index (χ2n) is 4.76. The van der Waals surface area contributed by atoms with Crippen molar-refractivity contribution in [2.75, 3.05) is 5.73 Å². The van der Waals surface area contributed by atoms with Crippen LogP contribution in [0.4, 0.5) is 5.69 Å². The first-order valence-electron chi connectivity index (χ1n) is 5.03. The molecule has 1 aromatic rings. The standard InChI is InChI=1S/C12H17NO.CH4/c1-7-11(14)10-8(12(7,2)3)5-4-6-9(10)13;/h4-7,11,14H,13H2,1-3H3;1H4. The van der Waals surface area contributed by atoms with Gasteiger partial charge >= 0.3 is 0 Å². The normalized spacial score (nSPS) is 26.9. The number of anilines is 1. The molecule has 0 aromatic heterocycles. The van der Waals surface area contributed by atoms with Gasteiger partial charge in [0.25, 0.3) is 0 Å². The minimum atomic E-state index is -0.416. The molecule has 0 bridgehead atoms. The summed E-state index contributed by atoms with van der Waals surface area (Å²) in [6, 6.07) is 5.88. The van der Waals surface area contributed by atoms with Gasteiger partial charge in [-0.2, -0.15) is 0 Å². The first kappa shape index (κ1) is 12.1. The smallest absolute Gasteiger partial charge is 0.0846 e. The van der Waals surface area contributed by atoms with Crippen molar-refractivity contribution in [3.8, 4) is 0 Å². The van der Waals surface area contributed by atoms with Gasteiger partial charge in [0.2, 0.25) is 0 Å². The van der Waals surface area contributed by atoms with E-state index >= 15 is 0 Å². The van der Waals surface area contributed by atoms with Crippen LogP contribution in [0.1, 0.15) is 45.4 Å². The Morgan fingerprint density at radius 3 is 2.47 bits per heavy atom. The molecule has 84 valence electrons. The van der Waals surface area contributed by atoms with Crippen LogP contribution in [0.2, 0.25) is 0 Å². The molecule has 0 aliphatic heterocycles. The van der Waals surface area contributed by atoms with Gasteiger partial charge in [0.05, 0.1) is 6.10 Å². The van der Waals surface area contributed by atoms with E-state index in [1.807, 2.05) is 12.1 Å². The highest BCUT2D eigenvalue weighted by molar-refractivity contribution is 5.57. The molecule has 0 fully saturated rings. The third-order valence-electron chi connectivity index (χ3n) is 3.74. The van der Waals surface area contributed by atoms with Crippen molar-refractivity contribution in [1.29, 1.82) is 0 Å². The van der Waals surface area contributed by atoms with E-state index in [0.29, 0.717) is 5.69 Å². The van der Waals surface area contributed by atoms with Crippen molar-refractivity contribution in [2.24, 2.45) is 5.92 Å². The molecular weight excluding hydrogens is 186 g/mol. The Labute approximate surface area is 92.1 Å². The van der Waals surface area contributed by atoms with Crippen LogP contribution in [0.3, 0.4) is 0 Å². The Bertz CT molecular complexity index is 371. The Kier molecular flexibility index (Phi) is 2.83. The van der Waals surface area contributed by atoms with Gasteiger partial charge in [-0.05, 0) is 23.0 Å². The number of nitrogens with two attached hydrogens (primary N) is 1. The summed E-state index contributed by atoms with van der Waals surface area (Å²) >= 11 is 0. The van der Waals surface area contributed by atoms with Crippen molar-refractivity contribution in [2.45, 2.75) is 39.7 Å². The lowest BCUT2D eigenvalue weighted by atomic mass is 9.79. The molecule has 2 nitrogen and oxygen atoms in total. The molecule has 1 aliphatic rings. The van der Waals surface area contributed by atoms with E-state index in [-0.39, 0.29) is 18.8 Å². The summed E-state index contributed by atoms with van der Waals surface area (Å²) in [7, 11) is 0. The maximum absolute atomic E-state index is 10.1. The van der Waals surface area contributed by atoms with E-state index in [2.05, 4.69) is 26.8 Å². The average Bonchev–Trinajstić information content (AvgIpc) is 2.30. The number of rotatable bonds is 0. The quantitative estimate of drug-likeness (QED) is 0.643. The zero-order valence-electron chi connectivity index (χ0n) is 8.91. The van der Waals surface area contributed by atoms with Gasteiger partial charge in [-0.25, -0.2) is 0 Å². The zero-order chi connectivity index (χ0) is 10.5. The Balaban J connectivity index is 0.00000112. The van der Waals surface area contributed by atoms with Crippen LogP contribution in [-0.2, 0) is 5.41 Å². The fourth-order valence-corrected chi connectivity index (χ4v) is 2.36. The lowest BCUT2D eigenvalue weighted by molar-refractivity contribution is 0.102. The molecule has 3 N–H and O–H groups in total. The number of fused-ring (bicyclic) bond motifs is 1. The van der Waals surface area contributed by atoms with Gasteiger partial charge in [0.1, 0.15) is 0 Å². The van der Waals surface area contributed by atoms with Crippen molar-refractivity contribution in [1.82, 2.24) is 0 Å². The largest absolute Gasteiger partial charge is 0.398 e. The summed E-state index contributed by atoms with van der Waals surface area (Å²) in [5.41, 5.74) is 8.75. The molecule has 1 aromatic carbocycles. The van der Waals surface area contributed by atoms with Crippen LogP contribution < -0.4 is 5.73 Å². The summed E-state index contributed by atoms with van der Waals surface area (Å²) in [6.45, 7) is 6.39. The van der Waals surface area contributed by atoms with E-state index in [4.69, 9.17) is 5.73 Å². The van der Waals surface area contributed by atoms with Gasteiger partial charge < -0.3 is 10.8 Å². The molecule has 2 heteroatoms. The highest BCUT2D eigenvalue weighted by atomic mass is 16.3. The first-order chi connectivity index (χ1) is 6.46. The molecule has 0 saturated heterocycles. The first-order valence-corrected chi connectivity index (χ1v) is 5.03. The lowest BCUT2D eigenvalue weighted by Crippen LogP contribution is -2.23. The lowest BCUT2D eigenvalue weighted by Gasteiger charge is -2.25. The average molecular weight is 207 g/mol. The highest BCUT2D eigenvalue weighted by Gasteiger charge is 2.43. The van der Waals surface area contributed by atoms with Gasteiger partial charge in [0.15, 0.2) is 0 Å². The molecule has 2 atom stereocenters. The summed E-state index contributed by atoms with van der Waals surface area (Å²) in [5.74, 6) is 0.224. The maximum Gasteiger partial charge on any atom is 0.0846 e. The predicted octanol–water partition coefficient (Wildman–Crippen LogP) is 2.87. The van der Waals surface area contributed by atoms with Crippen LogP contribution in [-0.4, -0.2) is 5.11 Å². The summed E-state index contributed by atoms with van der Waals surface area (Å²) < 4.78 is 0. The van der Waals surface area contributed by atoms with E-state index in [9.17, 15) is 5.11 Å². The van der Waals surface area contributed by atoms with Crippen LogP contribution in [0.25, 0.3) is 0 Å². The van der Waals surface area contributed by atoms with Crippen LogP contribution in [0.15, 0.2) is 18.2 Å². The third-order valence-corrected chi connectivity index (χ3v) is 3.74. The molecule has 15 heavy (non-hydrogen) atoms. The molecule has 2 unspecified atom stereocenters. The van der Waals surface area contributed by atoms with Crippen molar-refractivity contribution < 1.29 is 5.11 Å². The van der Waals surface area contributed by atoms with Gasteiger partial charge in [-0.1, -0.05) is 40.3 Å². The SMILES string of the molecule is C.CC1C(O)c2c(N)cccc2C1(C)C. The molecule has 0 spiro atoms. The van der Waals surface area contributed by atoms with Crippen molar-refractivity contribution in [3.05, 3.63) is 29.3 Å². The van der Waals surface area contributed by atoms with Gasteiger partial charge in [-0.15, -0.1) is 0 Å². The van der Waals surface area contributed by atoms with Crippen LogP contribution in [0, 0.1) is 5.92 Å². The Morgan fingerprint density at radius 1 is 1.33 bits per heavy atom. The van der Waals surface area contributed by atoms with E-state index in [0.717, 1.165) is 5.56 Å². The topological polar surface area (TPSA) is 46.2 Å².